The van der Waals surface area contributed by atoms with E-state index in [1.54, 1.807) is 13.0 Å². The fourth-order valence-electron chi connectivity index (χ4n) is 5.91. The lowest BCUT2D eigenvalue weighted by molar-refractivity contribution is -0.138. The molecule has 2 aromatic heterocycles. The number of carbonyl (C=O) groups excluding carboxylic acids is 2. The summed E-state index contributed by atoms with van der Waals surface area (Å²) >= 11 is 8.85. The van der Waals surface area contributed by atoms with Crippen LogP contribution in [0.2, 0.25) is 0 Å². The molecule has 10 nitrogen and oxygen atoms in total. The van der Waals surface area contributed by atoms with Gasteiger partial charge in [0.15, 0.2) is 0 Å². The highest BCUT2D eigenvalue weighted by Crippen LogP contribution is 2.32. The van der Waals surface area contributed by atoms with Crippen molar-refractivity contribution in [1.29, 1.82) is 0 Å². The normalized spacial score (nSPS) is 19.2. The van der Waals surface area contributed by atoms with Crippen LogP contribution in [-0.2, 0) is 32.0 Å². The second-order valence-electron chi connectivity index (χ2n) is 11.5. The molecule has 12 heteroatoms. The minimum Gasteiger partial charge on any atom is -0.481 e. The number of hydrogen-bond donors (Lipinski definition) is 8. The van der Waals surface area contributed by atoms with Crippen LogP contribution in [0, 0.1) is 19.8 Å². The number of carboxylic acids is 2. The summed E-state index contributed by atoms with van der Waals surface area (Å²) in [5.41, 5.74) is 7.69. The van der Waals surface area contributed by atoms with Gasteiger partial charge in [0.25, 0.3) is 5.91 Å². The molecule has 0 saturated carbocycles. The number of nitrogens with one attached hydrogen (secondary N) is 4. The number of aromatic nitrogens is 2. The van der Waals surface area contributed by atoms with Crippen molar-refractivity contribution in [2.75, 3.05) is 0 Å². The Morgan fingerprint density at radius 3 is 2.07 bits per heavy atom. The van der Waals surface area contributed by atoms with Crippen LogP contribution in [-0.4, -0.2) is 49.2 Å². The van der Waals surface area contributed by atoms with Crippen LogP contribution < -0.4 is 21.3 Å². The molecule has 2 aliphatic rings. The molecular formula is C33H38N4O6S2. The van der Waals surface area contributed by atoms with Crippen LogP contribution in [0.4, 0.5) is 0 Å². The van der Waals surface area contributed by atoms with E-state index in [-0.39, 0.29) is 48.7 Å². The summed E-state index contributed by atoms with van der Waals surface area (Å²) in [5, 5.41) is 25.9. The third kappa shape index (κ3) is 7.07. The molecular weight excluding hydrogens is 613 g/mol. The van der Waals surface area contributed by atoms with Gasteiger partial charge in [-0.15, -0.1) is 12.6 Å². The molecule has 0 saturated heterocycles. The Morgan fingerprint density at radius 1 is 0.889 bits per heavy atom. The fraction of sp³-hybridized carbons (Fsp3) is 0.333. The second-order valence-corrected chi connectivity index (χ2v) is 12.8. The van der Waals surface area contributed by atoms with Crippen molar-refractivity contribution in [2.24, 2.45) is 5.92 Å². The largest absolute Gasteiger partial charge is 0.481 e. The van der Waals surface area contributed by atoms with Crippen LogP contribution in [0.5, 0.6) is 0 Å². The zero-order chi connectivity index (χ0) is 33.3. The predicted octanol–water partition coefficient (Wildman–Crippen LogP) is 3.17. The third-order valence-corrected chi connectivity index (χ3v) is 8.90. The van der Waals surface area contributed by atoms with Gasteiger partial charge in [0.1, 0.15) is 0 Å². The Labute approximate surface area is 272 Å². The lowest BCUT2D eigenvalue weighted by atomic mass is 9.98. The van der Waals surface area contributed by atoms with Crippen LogP contribution in [0.1, 0.15) is 67.3 Å². The van der Waals surface area contributed by atoms with Crippen molar-refractivity contribution in [1.82, 2.24) is 20.6 Å². The van der Waals surface area contributed by atoms with E-state index >= 15 is 0 Å². The Hall–Kier alpha value is -4.16. The van der Waals surface area contributed by atoms with Gasteiger partial charge < -0.3 is 30.8 Å². The molecule has 2 amide bonds. The molecule has 0 aliphatic carbocycles. The van der Waals surface area contributed by atoms with Crippen LogP contribution in [0.3, 0.4) is 0 Å². The summed E-state index contributed by atoms with van der Waals surface area (Å²) in [7, 11) is 0. The first-order chi connectivity index (χ1) is 21.1. The van der Waals surface area contributed by atoms with Crippen molar-refractivity contribution in [3.05, 3.63) is 83.9 Å². The minimum absolute atomic E-state index is 0.0918. The zero-order valence-corrected chi connectivity index (χ0v) is 27.6. The Kier molecular flexibility index (Phi) is 10.1. The summed E-state index contributed by atoms with van der Waals surface area (Å²) in [6.45, 7) is 13.1. The number of carboxylic acid groups (broad SMARTS) is 2. The molecule has 2 aromatic rings. The summed E-state index contributed by atoms with van der Waals surface area (Å²) in [5.74, 6) is -2.61. The van der Waals surface area contributed by atoms with E-state index in [2.05, 4.69) is 52.4 Å². The number of H-pyrrole nitrogens is 2. The summed E-state index contributed by atoms with van der Waals surface area (Å²) in [6, 6.07) is 0. The van der Waals surface area contributed by atoms with Crippen molar-refractivity contribution < 1.29 is 29.4 Å². The van der Waals surface area contributed by atoms with Gasteiger partial charge in [-0.3, -0.25) is 19.2 Å². The monoisotopic (exact) mass is 650 g/mol. The number of aliphatic carboxylic acids is 2. The van der Waals surface area contributed by atoms with Crippen molar-refractivity contribution >= 4 is 67.2 Å². The first-order valence-electron chi connectivity index (χ1n) is 14.5. The standard InChI is InChI=1S/C33H38N4O6S2/c1-14-20(7-9-28(38)39)25(34-22(14)11-24-16(3)31(19(6)45)33(43)36-24)13-26-21(8-10-29(40)41)15(2)23(35-26)12-27-30(18(5)44)17(4)32(42)37-27/h11-13,19,31,34-35,44-45H,5,7-10H2,1-4,6H3,(H,36,43)(H,37,42)(H,38,39)(H,40,41)/b22-11-,25-13-,27-12-/t19-,31-/m0/s1. The van der Waals surface area contributed by atoms with Gasteiger partial charge in [-0.05, 0) is 86.6 Å². The number of aromatic amines is 2. The van der Waals surface area contributed by atoms with E-state index in [0.29, 0.717) is 49.5 Å². The molecule has 2 aliphatic heterocycles. The molecule has 0 spiro atoms. The highest BCUT2D eigenvalue weighted by molar-refractivity contribution is 7.84. The fourth-order valence-corrected chi connectivity index (χ4v) is 6.56. The highest BCUT2D eigenvalue weighted by atomic mass is 32.1. The average Bonchev–Trinajstić information content (AvgIpc) is 3.59. The lowest BCUT2D eigenvalue weighted by Gasteiger charge is -2.11. The highest BCUT2D eigenvalue weighted by Gasteiger charge is 2.32. The quantitative estimate of drug-likeness (QED) is 0.174. The summed E-state index contributed by atoms with van der Waals surface area (Å²) in [6.07, 6.45) is 5.79. The molecule has 4 heterocycles. The average molecular weight is 651 g/mol. The van der Waals surface area contributed by atoms with Crippen molar-refractivity contribution in [3.63, 3.8) is 0 Å². The number of thiol groups is 2. The van der Waals surface area contributed by atoms with Crippen LogP contribution >= 0.6 is 25.3 Å². The van der Waals surface area contributed by atoms with Gasteiger partial charge in [0, 0.05) is 61.9 Å². The van der Waals surface area contributed by atoms with E-state index in [0.717, 1.165) is 27.8 Å². The molecule has 0 bridgehead atoms. The summed E-state index contributed by atoms with van der Waals surface area (Å²) < 4.78 is 0. The Balaban J connectivity index is 1.92. The topological polar surface area (TPSA) is 164 Å². The van der Waals surface area contributed by atoms with Gasteiger partial charge in [-0.1, -0.05) is 13.5 Å². The van der Waals surface area contributed by atoms with Gasteiger partial charge in [0.05, 0.1) is 11.6 Å². The number of rotatable bonds is 11. The van der Waals surface area contributed by atoms with Crippen molar-refractivity contribution in [3.8, 4) is 0 Å². The van der Waals surface area contributed by atoms with Gasteiger partial charge in [-0.25, -0.2) is 0 Å². The maximum atomic E-state index is 12.6. The molecule has 0 radical (unpaired) electrons. The van der Waals surface area contributed by atoms with Crippen LogP contribution in [0.15, 0.2) is 39.6 Å². The molecule has 0 aromatic carbocycles. The Bertz CT molecular complexity index is 1850. The minimum atomic E-state index is -0.942. The number of amides is 2. The second kappa shape index (κ2) is 13.5. The predicted molar refractivity (Wildman–Crippen MR) is 180 cm³/mol. The molecule has 238 valence electrons. The molecule has 0 unspecified atom stereocenters. The van der Waals surface area contributed by atoms with E-state index in [4.69, 9.17) is 0 Å². The summed E-state index contributed by atoms with van der Waals surface area (Å²) in [4.78, 5) is 55.4. The van der Waals surface area contributed by atoms with Gasteiger partial charge >= 0.3 is 11.9 Å². The first-order valence-corrected chi connectivity index (χ1v) is 15.4. The number of hydrogen-bond acceptors (Lipinski definition) is 6. The molecule has 4 rings (SSSR count). The van der Waals surface area contributed by atoms with E-state index in [1.165, 1.54) is 0 Å². The first kappa shape index (κ1) is 33.7. The SMILES string of the molecule is C=C(S)C1=C(C)C(=O)N/C1=C\c1[nH]c(/C=c2\[nH]/c(=C\C3=C(C)[C@@H]([C@H](C)S)C(=O)N3)c(C)c2CCC(=O)O)c(CCC(=O)O)c1C. The molecule has 2 atom stereocenters. The van der Waals surface area contributed by atoms with Crippen molar-refractivity contribution in [2.45, 2.75) is 65.6 Å². The Morgan fingerprint density at radius 2 is 1.51 bits per heavy atom. The zero-order valence-electron chi connectivity index (χ0n) is 25.8. The number of carbonyl (C=O) groups is 4. The molecule has 45 heavy (non-hydrogen) atoms. The van der Waals surface area contributed by atoms with E-state index in [1.807, 2.05) is 39.8 Å². The van der Waals surface area contributed by atoms with E-state index < -0.39 is 11.9 Å². The molecule has 0 fully saturated rings. The smallest absolute Gasteiger partial charge is 0.303 e. The number of allylic oxidation sites excluding steroid dienone is 2. The van der Waals surface area contributed by atoms with Gasteiger partial charge in [0.2, 0.25) is 5.91 Å². The maximum absolute atomic E-state index is 12.6. The van der Waals surface area contributed by atoms with Gasteiger partial charge in [-0.2, -0.15) is 12.6 Å². The van der Waals surface area contributed by atoms with Crippen LogP contribution in [0.25, 0.3) is 18.2 Å². The molecule has 6 N–H and O–H groups in total. The third-order valence-electron chi connectivity index (χ3n) is 8.38. The maximum Gasteiger partial charge on any atom is 0.303 e. The lowest BCUT2D eigenvalue weighted by Crippen LogP contribution is -2.26. The van der Waals surface area contributed by atoms with E-state index in [9.17, 15) is 29.4 Å².